The summed E-state index contributed by atoms with van der Waals surface area (Å²) in [5.41, 5.74) is 0.261. The molecular weight excluding hydrogens is 423 g/mol. The van der Waals surface area contributed by atoms with Gasteiger partial charge in [-0.3, -0.25) is 4.79 Å². The fourth-order valence-corrected chi connectivity index (χ4v) is 4.33. The average Bonchev–Trinajstić information content (AvgIpc) is 3.53. The Morgan fingerprint density at radius 3 is 2.62 bits per heavy atom. The van der Waals surface area contributed by atoms with E-state index in [4.69, 9.17) is 4.74 Å². The number of alkyl halides is 3. The zero-order valence-electron chi connectivity index (χ0n) is 17.1. The van der Waals surface area contributed by atoms with Crippen molar-refractivity contribution in [2.24, 2.45) is 0 Å². The van der Waals surface area contributed by atoms with Crippen LogP contribution in [0.15, 0.2) is 48.9 Å². The van der Waals surface area contributed by atoms with E-state index in [0.717, 1.165) is 30.5 Å². The number of nitrogens with zero attached hydrogens (tertiary/aromatic N) is 2. The van der Waals surface area contributed by atoms with E-state index in [-0.39, 0.29) is 19.6 Å². The number of aliphatic hydroxyl groups is 1. The van der Waals surface area contributed by atoms with Gasteiger partial charge in [0.1, 0.15) is 11.8 Å². The summed E-state index contributed by atoms with van der Waals surface area (Å²) in [7, 11) is 0. The molecule has 3 heterocycles. The summed E-state index contributed by atoms with van der Waals surface area (Å²) in [5, 5.41) is 13.7. The normalized spacial score (nSPS) is 23.9. The van der Waals surface area contributed by atoms with E-state index >= 15 is 0 Å². The van der Waals surface area contributed by atoms with Crippen LogP contribution in [0.1, 0.15) is 52.2 Å². The van der Waals surface area contributed by atoms with Crippen molar-refractivity contribution < 1.29 is 27.8 Å². The lowest BCUT2D eigenvalue weighted by atomic mass is 9.80. The molecule has 1 aromatic carbocycles. The third kappa shape index (κ3) is 3.65. The van der Waals surface area contributed by atoms with Gasteiger partial charge in [0.05, 0.1) is 23.3 Å². The van der Waals surface area contributed by atoms with Gasteiger partial charge in [-0.25, -0.2) is 4.98 Å². The van der Waals surface area contributed by atoms with Crippen molar-refractivity contribution in [3.8, 4) is 0 Å². The number of fused-ring (bicyclic) bond motifs is 1. The number of benzene rings is 1. The number of amides is 1. The number of nitrogens with one attached hydrogen (secondary N) is 1. The van der Waals surface area contributed by atoms with E-state index in [1.165, 1.54) is 12.1 Å². The molecule has 2 atom stereocenters. The minimum atomic E-state index is -4.47. The lowest BCUT2D eigenvalue weighted by Crippen LogP contribution is -2.58. The monoisotopic (exact) mass is 445 g/mol. The second-order valence-corrected chi connectivity index (χ2v) is 8.46. The number of carbonyl (C=O) groups excluding carboxylic acids is 1. The molecule has 2 N–H and O–H groups in total. The van der Waals surface area contributed by atoms with Crippen LogP contribution in [-0.2, 0) is 16.5 Å². The molecule has 1 saturated carbocycles. The Morgan fingerprint density at radius 2 is 1.97 bits per heavy atom. The number of ether oxygens (including phenoxy) is 1. The zero-order chi connectivity index (χ0) is 22.5. The van der Waals surface area contributed by atoms with Gasteiger partial charge in [0.25, 0.3) is 5.91 Å². The summed E-state index contributed by atoms with van der Waals surface area (Å²) in [6.45, 7) is 0.207. The van der Waals surface area contributed by atoms with Gasteiger partial charge in [-0.05, 0) is 48.1 Å². The maximum absolute atomic E-state index is 13.3. The molecule has 9 heteroatoms. The van der Waals surface area contributed by atoms with Crippen molar-refractivity contribution in [3.63, 3.8) is 0 Å². The molecule has 2 aliphatic rings. The van der Waals surface area contributed by atoms with Crippen molar-refractivity contribution in [1.29, 1.82) is 0 Å². The SMILES string of the molecule is O=C(NC1(c2ccc(C(F)(F)F)cc2)CCOCC1O)c1ccn2cc(C3CC3)cnc12. The number of rotatable bonds is 4. The topological polar surface area (TPSA) is 75.9 Å². The number of hydrogen-bond acceptors (Lipinski definition) is 4. The van der Waals surface area contributed by atoms with Gasteiger partial charge in [-0.1, -0.05) is 12.1 Å². The fraction of sp³-hybridized carbons (Fsp3) is 0.391. The Hall–Kier alpha value is -2.91. The van der Waals surface area contributed by atoms with Crippen LogP contribution in [0.2, 0.25) is 0 Å². The molecule has 0 radical (unpaired) electrons. The first-order chi connectivity index (χ1) is 15.3. The molecule has 32 heavy (non-hydrogen) atoms. The number of aromatic nitrogens is 2. The van der Waals surface area contributed by atoms with Gasteiger partial charge in [-0.2, -0.15) is 13.2 Å². The summed E-state index contributed by atoms with van der Waals surface area (Å²) in [6, 6.07) is 6.17. The summed E-state index contributed by atoms with van der Waals surface area (Å²) in [4.78, 5) is 17.7. The third-order valence-electron chi connectivity index (χ3n) is 6.35. The van der Waals surface area contributed by atoms with E-state index in [2.05, 4.69) is 10.3 Å². The maximum atomic E-state index is 13.3. The van der Waals surface area contributed by atoms with Crippen molar-refractivity contribution in [2.75, 3.05) is 13.2 Å². The Labute approximate surface area is 182 Å². The highest BCUT2D eigenvalue weighted by Gasteiger charge is 2.44. The van der Waals surface area contributed by atoms with E-state index in [9.17, 15) is 23.1 Å². The molecule has 2 fully saturated rings. The number of aliphatic hydroxyl groups excluding tert-OH is 1. The van der Waals surface area contributed by atoms with Gasteiger partial charge in [-0.15, -0.1) is 0 Å². The molecule has 1 amide bonds. The molecule has 5 rings (SSSR count). The Kier molecular flexibility index (Phi) is 4.98. The van der Waals surface area contributed by atoms with Crippen molar-refractivity contribution in [2.45, 2.75) is 43.0 Å². The Balaban J connectivity index is 1.48. The van der Waals surface area contributed by atoms with E-state index in [1.807, 2.05) is 6.20 Å². The molecular formula is C23H22F3N3O3. The predicted octanol–water partition coefficient (Wildman–Crippen LogP) is 3.64. The van der Waals surface area contributed by atoms with Gasteiger partial charge >= 0.3 is 6.18 Å². The molecule has 0 spiro atoms. The molecule has 6 nitrogen and oxygen atoms in total. The second kappa shape index (κ2) is 7.60. The van der Waals surface area contributed by atoms with E-state index < -0.39 is 29.3 Å². The van der Waals surface area contributed by atoms with Crippen LogP contribution in [0, 0.1) is 0 Å². The lowest BCUT2D eigenvalue weighted by molar-refractivity contribution is -0.137. The molecule has 1 aliphatic heterocycles. The van der Waals surface area contributed by atoms with Crippen molar-refractivity contribution >= 4 is 11.6 Å². The maximum Gasteiger partial charge on any atom is 0.416 e. The number of hydrogen-bond donors (Lipinski definition) is 2. The summed E-state index contributed by atoms with van der Waals surface area (Å²) < 4.78 is 46.2. The molecule has 2 unspecified atom stereocenters. The first-order valence-electron chi connectivity index (χ1n) is 10.5. The van der Waals surface area contributed by atoms with Crippen molar-refractivity contribution in [3.05, 3.63) is 71.2 Å². The zero-order valence-corrected chi connectivity index (χ0v) is 17.1. The van der Waals surface area contributed by atoms with E-state index in [0.29, 0.717) is 22.7 Å². The molecule has 2 aromatic heterocycles. The highest BCUT2D eigenvalue weighted by molar-refractivity contribution is 6.00. The van der Waals surface area contributed by atoms with Crippen LogP contribution in [0.25, 0.3) is 5.65 Å². The van der Waals surface area contributed by atoms with Crippen LogP contribution < -0.4 is 5.32 Å². The quantitative estimate of drug-likeness (QED) is 0.643. The molecule has 168 valence electrons. The molecule has 0 bridgehead atoms. The van der Waals surface area contributed by atoms with Gasteiger partial charge in [0, 0.05) is 31.6 Å². The van der Waals surface area contributed by atoms with Crippen molar-refractivity contribution in [1.82, 2.24) is 14.7 Å². The van der Waals surface area contributed by atoms with Gasteiger partial charge in [0.2, 0.25) is 0 Å². The average molecular weight is 445 g/mol. The highest BCUT2D eigenvalue weighted by Crippen LogP contribution is 2.40. The fourth-order valence-electron chi connectivity index (χ4n) is 4.33. The third-order valence-corrected chi connectivity index (χ3v) is 6.35. The van der Waals surface area contributed by atoms with Crippen LogP contribution in [0.3, 0.4) is 0 Å². The highest BCUT2D eigenvalue weighted by atomic mass is 19.4. The van der Waals surface area contributed by atoms with Gasteiger partial charge in [0.15, 0.2) is 0 Å². The van der Waals surface area contributed by atoms with Crippen LogP contribution >= 0.6 is 0 Å². The first kappa shape index (κ1) is 21.0. The summed E-state index contributed by atoms with van der Waals surface area (Å²) in [6.07, 6.45) is 2.39. The smallest absolute Gasteiger partial charge is 0.388 e. The van der Waals surface area contributed by atoms with Crippen LogP contribution in [-0.4, -0.2) is 39.7 Å². The molecule has 1 aliphatic carbocycles. The van der Waals surface area contributed by atoms with Crippen LogP contribution in [0.5, 0.6) is 0 Å². The van der Waals surface area contributed by atoms with Crippen LogP contribution in [0.4, 0.5) is 13.2 Å². The number of carbonyl (C=O) groups is 1. The second-order valence-electron chi connectivity index (χ2n) is 8.46. The minimum Gasteiger partial charge on any atom is -0.388 e. The predicted molar refractivity (Wildman–Crippen MR) is 109 cm³/mol. The minimum absolute atomic E-state index is 0.0409. The molecule has 1 saturated heterocycles. The molecule has 3 aromatic rings. The Bertz CT molecular complexity index is 1150. The standard InChI is InChI=1S/C23H22F3N3O3/c24-23(25,26)17-5-3-16(4-6-17)22(8-10-32-13-19(22)30)28-21(31)18-7-9-29-12-15(14-1-2-14)11-27-20(18)29/h3-7,9,11-12,14,19,30H,1-2,8,10,13H2,(H,28,31). The Morgan fingerprint density at radius 1 is 1.22 bits per heavy atom. The van der Waals surface area contributed by atoms with Gasteiger partial charge < -0.3 is 19.6 Å². The van der Waals surface area contributed by atoms with E-state index in [1.54, 1.807) is 22.9 Å². The summed E-state index contributed by atoms with van der Waals surface area (Å²) in [5.74, 6) is 0.0620. The first-order valence-corrected chi connectivity index (χ1v) is 10.5. The summed E-state index contributed by atoms with van der Waals surface area (Å²) >= 11 is 0. The lowest BCUT2D eigenvalue weighted by Gasteiger charge is -2.42. The largest absolute Gasteiger partial charge is 0.416 e. The number of halogens is 3.